The highest BCUT2D eigenvalue weighted by molar-refractivity contribution is 9.10. The van der Waals surface area contributed by atoms with Gasteiger partial charge in [0.15, 0.2) is 5.69 Å². The average molecular weight is 467 g/mol. The largest absolute Gasteiger partial charge is 0.322 e. The molecular formula is C18H14BrClFN5O2. The minimum Gasteiger partial charge on any atom is -0.322 e. The van der Waals surface area contributed by atoms with Crippen LogP contribution in [0.1, 0.15) is 16.2 Å². The summed E-state index contributed by atoms with van der Waals surface area (Å²) in [4.78, 5) is 24.6. The Balaban J connectivity index is 1.69. The highest BCUT2D eigenvalue weighted by Gasteiger charge is 2.19. The first kappa shape index (κ1) is 20.0. The van der Waals surface area contributed by atoms with Crippen LogP contribution in [0.4, 0.5) is 15.8 Å². The van der Waals surface area contributed by atoms with Crippen LogP contribution in [0.25, 0.3) is 0 Å². The number of hydrogen-bond donors (Lipinski definition) is 2. The molecule has 0 atom stereocenters. The van der Waals surface area contributed by atoms with Crippen molar-refractivity contribution in [2.24, 2.45) is 0 Å². The molecule has 0 aliphatic carbocycles. The molecule has 3 rings (SSSR count). The SMILES string of the molecule is Cc1c(C(=O)Nc2ccccc2Cl)nnn1CC(=O)Nc1ccc(Br)cc1F. The molecule has 0 unspecified atom stereocenters. The maximum atomic E-state index is 13.8. The zero-order valence-electron chi connectivity index (χ0n) is 14.5. The summed E-state index contributed by atoms with van der Waals surface area (Å²) in [6.45, 7) is 1.38. The number of amides is 2. The molecule has 28 heavy (non-hydrogen) atoms. The van der Waals surface area contributed by atoms with E-state index in [1.807, 2.05) is 0 Å². The van der Waals surface area contributed by atoms with Crippen LogP contribution in [-0.4, -0.2) is 26.8 Å². The molecule has 2 N–H and O–H groups in total. The number of para-hydroxylation sites is 1. The molecule has 7 nitrogen and oxygen atoms in total. The molecule has 0 aliphatic rings. The van der Waals surface area contributed by atoms with Gasteiger partial charge < -0.3 is 10.6 Å². The van der Waals surface area contributed by atoms with Crippen LogP contribution in [0.2, 0.25) is 5.02 Å². The second kappa shape index (κ2) is 8.49. The van der Waals surface area contributed by atoms with Gasteiger partial charge in [0.1, 0.15) is 12.4 Å². The third-order valence-electron chi connectivity index (χ3n) is 3.82. The van der Waals surface area contributed by atoms with E-state index < -0.39 is 17.6 Å². The molecular weight excluding hydrogens is 453 g/mol. The van der Waals surface area contributed by atoms with Crippen LogP contribution in [0, 0.1) is 12.7 Å². The highest BCUT2D eigenvalue weighted by Crippen LogP contribution is 2.22. The Morgan fingerprint density at radius 2 is 1.93 bits per heavy atom. The smallest absolute Gasteiger partial charge is 0.278 e. The lowest BCUT2D eigenvalue weighted by molar-refractivity contribution is -0.117. The van der Waals surface area contributed by atoms with Gasteiger partial charge in [0.25, 0.3) is 5.91 Å². The molecule has 0 radical (unpaired) electrons. The zero-order chi connectivity index (χ0) is 20.3. The molecule has 0 fully saturated rings. The predicted octanol–water partition coefficient (Wildman–Crippen LogP) is 4.03. The summed E-state index contributed by atoms with van der Waals surface area (Å²) in [7, 11) is 0. The first-order chi connectivity index (χ1) is 13.3. The summed E-state index contributed by atoms with van der Waals surface area (Å²) in [5.74, 6) is -1.58. The summed E-state index contributed by atoms with van der Waals surface area (Å²) in [6.07, 6.45) is 0. The number of rotatable bonds is 5. The molecule has 0 bridgehead atoms. The molecule has 0 saturated heterocycles. The average Bonchev–Trinajstić information content (AvgIpc) is 3.00. The Labute approximate surface area is 173 Å². The predicted molar refractivity (Wildman–Crippen MR) is 107 cm³/mol. The number of nitrogens with one attached hydrogen (secondary N) is 2. The van der Waals surface area contributed by atoms with Gasteiger partial charge >= 0.3 is 0 Å². The highest BCUT2D eigenvalue weighted by atomic mass is 79.9. The molecule has 144 valence electrons. The molecule has 1 aromatic heterocycles. The second-order valence-electron chi connectivity index (χ2n) is 5.79. The molecule has 10 heteroatoms. The van der Waals surface area contributed by atoms with Gasteiger partial charge in [-0.25, -0.2) is 9.07 Å². The zero-order valence-corrected chi connectivity index (χ0v) is 16.9. The van der Waals surface area contributed by atoms with Gasteiger partial charge in [-0.3, -0.25) is 9.59 Å². The van der Waals surface area contributed by atoms with Crippen molar-refractivity contribution in [3.63, 3.8) is 0 Å². The summed E-state index contributed by atoms with van der Waals surface area (Å²) in [5.41, 5.74) is 0.924. The van der Waals surface area contributed by atoms with Crippen LogP contribution in [-0.2, 0) is 11.3 Å². The van der Waals surface area contributed by atoms with Gasteiger partial charge in [-0.05, 0) is 37.3 Å². The lowest BCUT2D eigenvalue weighted by Crippen LogP contribution is -2.21. The van der Waals surface area contributed by atoms with E-state index in [0.29, 0.717) is 20.9 Å². The van der Waals surface area contributed by atoms with Crippen molar-refractivity contribution in [2.75, 3.05) is 10.6 Å². The maximum Gasteiger partial charge on any atom is 0.278 e. The van der Waals surface area contributed by atoms with E-state index in [1.165, 1.54) is 16.8 Å². The monoisotopic (exact) mass is 465 g/mol. The number of nitrogens with zero attached hydrogens (tertiary/aromatic N) is 3. The fraction of sp³-hybridized carbons (Fsp3) is 0.111. The third kappa shape index (κ3) is 4.55. The summed E-state index contributed by atoms with van der Waals surface area (Å²) in [5, 5.41) is 13.1. The van der Waals surface area contributed by atoms with Crippen molar-refractivity contribution in [2.45, 2.75) is 13.5 Å². The molecule has 0 saturated carbocycles. The summed E-state index contributed by atoms with van der Waals surface area (Å²) >= 11 is 9.18. The Hall–Kier alpha value is -2.78. The summed E-state index contributed by atoms with van der Waals surface area (Å²) in [6, 6.07) is 11.1. The Morgan fingerprint density at radius 3 is 2.64 bits per heavy atom. The van der Waals surface area contributed by atoms with Crippen molar-refractivity contribution < 1.29 is 14.0 Å². The van der Waals surface area contributed by atoms with Crippen LogP contribution in [0.5, 0.6) is 0 Å². The molecule has 0 aliphatic heterocycles. The quantitative estimate of drug-likeness (QED) is 0.594. The minimum atomic E-state index is -0.571. The van der Waals surface area contributed by atoms with Crippen molar-refractivity contribution >= 4 is 50.7 Å². The number of halogens is 3. The number of benzene rings is 2. The van der Waals surface area contributed by atoms with Gasteiger partial charge in [0.05, 0.1) is 22.1 Å². The topological polar surface area (TPSA) is 88.9 Å². The third-order valence-corrected chi connectivity index (χ3v) is 4.64. The Bertz CT molecular complexity index is 1060. The Kier molecular flexibility index (Phi) is 6.05. The normalized spacial score (nSPS) is 10.6. The van der Waals surface area contributed by atoms with E-state index >= 15 is 0 Å². The van der Waals surface area contributed by atoms with Crippen molar-refractivity contribution in [3.05, 3.63) is 69.2 Å². The van der Waals surface area contributed by atoms with Crippen molar-refractivity contribution in [3.8, 4) is 0 Å². The first-order valence-corrected chi connectivity index (χ1v) is 9.23. The van der Waals surface area contributed by atoms with Gasteiger partial charge in [0.2, 0.25) is 5.91 Å². The van der Waals surface area contributed by atoms with Crippen LogP contribution in [0.15, 0.2) is 46.9 Å². The standard InChI is InChI=1S/C18H14BrClFN5O2/c1-10-17(18(28)23-14-5-3-2-4-12(14)20)24-25-26(10)9-16(27)22-15-7-6-11(19)8-13(15)21/h2-8H,9H2,1H3,(H,22,27)(H,23,28). The number of hydrogen-bond acceptors (Lipinski definition) is 4. The molecule has 2 aromatic carbocycles. The van der Waals surface area contributed by atoms with E-state index in [2.05, 4.69) is 36.9 Å². The van der Waals surface area contributed by atoms with E-state index in [9.17, 15) is 14.0 Å². The van der Waals surface area contributed by atoms with E-state index in [-0.39, 0.29) is 17.9 Å². The fourth-order valence-electron chi connectivity index (χ4n) is 2.38. The number of carbonyl (C=O) groups is 2. The maximum absolute atomic E-state index is 13.8. The first-order valence-electron chi connectivity index (χ1n) is 8.06. The van der Waals surface area contributed by atoms with E-state index in [4.69, 9.17) is 11.6 Å². The van der Waals surface area contributed by atoms with Gasteiger partial charge in [-0.1, -0.05) is 44.9 Å². The van der Waals surface area contributed by atoms with E-state index in [0.717, 1.165) is 0 Å². The molecule has 0 spiro atoms. The van der Waals surface area contributed by atoms with Gasteiger partial charge in [0, 0.05) is 4.47 Å². The molecule has 3 aromatic rings. The lowest BCUT2D eigenvalue weighted by Gasteiger charge is -2.08. The van der Waals surface area contributed by atoms with Gasteiger partial charge in [-0.15, -0.1) is 5.10 Å². The van der Waals surface area contributed by atoms with Crippen LogP contribution in [0.3, 0.4) is 0 Å². The molecule has 2 amide bonds. The second-order valence-corrected chi connectivity index (χ2v) is 7.11. The molecule has 1 heterocycles. The van der Waals surface area contributed by atoms with Crippen molar-refractivity contribution in [1.29, 1.82) is 0 Å². The number of aromatic nitrogens is 3. The van der Waals surface area contributed by atoms with Crippen LogP contribution >= 0.6 is 27.5 Å². The Morgan fingerprint density at radius 1 is 1.18 bits per heavy atom. The van der Waals surface area contributed by atoms with E-state index in [1.54, 1.807) is 37.3 Å². The minimum absolute atomic E-state index is 0.0441. The van der Waals surface area contributed by atoms with Gasteiger partial charge in [-0.2, -0.15) is 0 Å². The van der Waals surface area contributed by atoms with Crippen LogP contribution < -0.4 is 10.6 Å². The number of carbonyl (C=O) groups excluding carboxylic acids is 2. The lowest BCUT2D eigenvalue weighted by atomic mass is 10.2. The van der Waals surface area contributed by atoms with Crippen molar-refractivity contribution in [1.82, 2.24) is 15.0 Å². The number of anilines is 2. The fourth-order valence-corrected chi connectivity index (χ4v) is 2.90. The summed E-state index contributed by atoms with van der Waals surface area (Å²) < 4.78 is 15.7.